The van der Waals surface area contributed by atoms with E-state index in [0.29, 0.717) is 10.8 Å². The molecule has 1 atom stereocenters. The predicted molar refractivity (Wildman–Crippen MR) is 78.9 cm³/mol. The summed E-state index contributed by atoms with van der Waals surface area (Å²) in [5.74, 6) is 0. The average molecular weight is 252 g/mol. The number of piperidine rings is 1. The van der Waals surface area contributed by atoms with Crippen LogP contribution in [-0.2, 0) is 0 Å². The summed E-state index contributed by atoms with van der Waals surface area (Å²) in [5.41, 5.74) is 1.21. The fourth-order valence-electron chi connectivity index (χ4n) is 4.31. The fraction of sp³-hybridized carbons (Fsp3) is 1.00. The lowest BCUT2D eigenvalue weighted by molar-refractivity contribution is -0.0414. The van der Waals surface area contributed by atoms with Crippen LogP contribution in [0, 0.1) is 10.8 Å². The van der Waals surface area contributed by atoms with Crippen LogP contribution < -0.4 is 5.32 Å². The van der Waals surface area contributed by atoms with Gasteiger partial charge in [-0.3, -0.25) is 0 Å². The van der Waals surface area contributed by atoms with Gasteiger partial charge in [-0.05, 0) is 43.1 Å². The maximum Gasteiger partial charge on any atom is 0.00507 e. The Morgan fingerprint density at radius 3 is 2.28 bits per heavy atom. The van der Waals surface area contributed by atoms with Crippen molar-refractivity contribution < 1.29 is 0 Å². The molecule has 2 fully saturated rings. The Labute approximate surface area is 114 Å². The van der Waals surface area contributed by atoms with Crippen molar-refractivity contribution in [3.8, 4) is 0 Å². The van der Waals surface area contributed by atoms with Gasteiger partial charge >= 0.3 is 0 Å². The highest BCUT2D eigenvalue weighted by Crippen LogP contribution is 2.41. The number of nitrogens with one attached hydrogen (secondary N) is 1. The molecule has 2 aliphatic rings. The topological polar surface area (TPSA) is 15.3 Å². The summed E-state index contributed by atoms with van der Waals surface area (Å²) in [5, 5.41) is 3.57. The van der Waals surface area contributed by atoms with Gasteiger partial charge in [0, 0.05) is 26.2 Å². The second-order valence-electron chi connectivity index (χ2n) is 7.24. The Balaban J connectivity index is 1.80. The van der Waals surface area contributed by atoms with E-state index in [4.69, 9.17) is 0 Å². The van der Waals surface area contributed by atoms with Crippen molar-refractivity contribution in [3.63, 3.8) is 0 Å². The molecule has 0 radical (unpaired) electrons. The minimum Gasteiger partial charge on any atom is -0.316 e. The average Bonchev–Trinajstić information content (AvgIpc) is 2.28. The molecule has 1 N–H and O–H groups in total. The monoisotopic (exact) mass is 252 g/mol. The molecule has 0 aromatic heterocycles. The van der Waals surface area contributed by atoms with Crippen molar-refractivity contribution in [3.05, 3.63) is 0 Å². The third-order valence-corrected chi connectivity index (χ3v) is 4.97. The summed E-state index contributed by atoms with van der Waals surface area (Å²) in [4.78, 5) is 2.72. The van der Waals surface area contributed by atoms with Crippen molar-refractivity contribution in [2.45, 2.75) is 59.3 Å². The maximum atomic E-state index is 3.57. The van der Waals surface area contributed by atoms with E-state index in [2.05, 4.69) is 31.0 Å². The summed E-state index contributed by atoms with van der Waals surface area (Å²) < 4.78 is 0. The van der Waals surface area contributed by atoms with Crippen LogP contribution in [0.1, 0.15) is 59.3 Å². The lowest BCUT2D eigenvalue weighted by Crippen LogP contribution is -2.59. The molecule has 0 bridgehead atoms. The quantitative estimate of drug-likeness (QED) is 0.780. The zero-order valence-electron chi connectivity index (χ0n) is 12.7. The van der Waals surface area contributed by atoms with Gasteiger partial charge in [-0.2, -0.15) is 0 Å². The molecule has 0 amide bonds. The molecule has 106 valence electrons. The van der Waals surface area contributed by atoms with Crippen LogP contribution in [0.4, 0.5) is 0 Å². The number of hydrogen-bond donors (Lipinski definition) is 1. The first-order chi connectivity index (χ1) is 8.61. The molecule has 0 aliphatic carbocycles. The number of likely N-dealkylation sites (tertiary alicyclic amines) is 1. The van der Waals surface area contributed by atoms with Gasteiger partial charge in [0.25, 0.3) is 0 Å². The van der Waals surface area contributed by atoms with E-state index < -0.39 is 0 Å². The predicted octanol–water partition coefficient (Wildman–Crippen LogP) is 3.28. The van der Waals surface area contributed by atoms with E-state index in [1.807, 2.05) is 0 Å². The Hall–Kier alpha value is -0.0800. The molecule has 2 nitrogen and oxygen atoms in total. The number of nitrogens with zero attached hydrogens (tertiary/aromatic N) is 1. The van der Waals surface area contributed by atoms with Crippen LogP contribution in [0.2, 0.25) is 0 Å². The SMILES string of the molecule is CCCC1(CCC)CN(CC2(C)CCCNC2)C1. The van der Waals surface area contributed by atoms with Crippen LogP contribution in [0.25, 0.3) is 0 Å². The third-order valence-electron chi connectivity index (χ3n) is 4.97. The summed E-state index contributed by atoms with van der Waals surface area (Å²) in [6.45, 7) is 13.6. The summed E-state index contributed by atoms with van der Waals surface area (Å²) >= 11 is 0. The number of hydrogen-bond acceptors (Lipinski definition) is 2. The van der Waals surface area contributed by atoms with Crippen LogP contribution in [-0.4, -0.2) is 37.6 Å². The minimum atomic E-state index is 0.531. The van der Waals surface area contributed by atoms with Crippen molar-refractivity contribution in [1.82, 2.24) is 10.2 Å². The minimum absolute atomic E-state index is 0.531. The second kappa shape index (κ2) is 5.92. The molecule has 2 saturated heterocycles. The Kier molecular flexibility index (Phi) is 4.71. The number of rotatable bonds is 6. The van der Waals surface area contributed by atoms with Crippen LogP contribution >= 0.6 is 0 Å². The molecule has 2 aliphatic heterocycles. The molecule has 1 unspecified atom stereocenters. The zero-order chi connectivity index (χ0) is 13.1. The van der Waals surface area contributed by atoms with E-state index in [-0.39, 0.29) is 0 Å². The van der Waals surface area contributed by atoms with Gasteiger partial charge in [0.1, 0.15) is 0 Å². The standard InChI is InChI=1S/C16H32N2/c1-4-7-16(8-5-2)13-18(14-16)12-15(3)9-6-10-17-11-15/h17H,4-14H2,1-3H3. The third kappa shape index (κ3) is 3.27. The molecule has 2 heteroatoms. The largest absolute Gasteiger partial charge is 0.316 e. The van der Waals surface area contributed by atoms with Gasteiger partial charge < -0.3 is 10.2 Å². The normalized spacial score (nSPS) is 32.2. The highest BCUT2D eigenvalue weighted by molar-refractivity contribution is 4.97. The lowest BCUT2D eigenvalue weighted by Gasteiger charge is -2.54. The Morgan fingerprint density at radius 2 is 1.78 bits per heavy atom. The highest BCUT2D eigenvalue weighted by Gasteiger charge is 2.43. The first-order valence-corrected chi connectivity index (χ1v) is 8.04. The molecule has 18 heavy (non-hydrogen) atoms. The Bertz CT molecular complexity index is 242. The molecule has 0 aromatic rings. The van der Waals surface area contributed by atoms with E-state index in [1.54, 1.807) is 0 Å². The van der Waals surface area contributed by atoms with Gasteiger partial charge in [0.15, 0.2) is 0 Å². The molecule has 0 aromatic carbocycles. The molecule has 0 saturated carbocycles. The Morgan fingerprint density at radius 1 is 1.11 bits per heavy atom. The molecule has 2 heterocycles. The van der Waals surface area contributed by atoms with E-state index in [1.165, 1.54) is 71.2 Å². The van der Waals surface area contributed by atoms with Gasteiger partial charge in [0.2, 0.25) is 0 Å². The van der Waals surface area contributed by atoms with Crippen molar-refractivity contribution in [1.29, 1.82) is 0 Å². The molecule has 2 rings (SSSR count). The van der Waals surface area contributed by atoms with Gasteiger partial charge in [-0.25, -0.2) is 0 Å². The van der Waals surface area contributed by atoms with E-state index in [0.717, 1.165) is 0 Å². The second-order valence-corrected chi connectivity index (χ2v) is 7.24. The smallest absolute Gasteiger partial charge is 0.00507 e. The van der Waals surface area contributed by atoms with Gasteiger partial charge in [-0.1, -0.05) is 33.6 Å². The van der Waals surface area contributed by atoms with Gasteiger partial charge in [-0.15, -0.1) is 0 Å². The molecule has 0 spiro atoms. The maximum absolute atomic E-state index is 3.57. The molecular formula is C16H32N2. The summed E-state index contributed by atoms with van der Waals surface area (Å²) in [6.07, 6.45) is 8.35. The van der Waals surface area contributed by atoms with Crippen LogP contribution in [0.5, 0.6) is 0 Å². The van der Waals surface area contributed by atoms with Crippen molar-refractivity contribution in [2.24, 2.45) is 10.8 Å². The summed E-state index contributed by atoms with van der Waals surface area (Å²) in [7, 11) is 0. The first-order valence-electron chi connectivity index (χ1n) is 8.04. The zero-order valence-corrected chi connectivity index (χ0v) is 12.7. The molecular weight excluding hydrogens is 220 g/mol. The van der Waals surface area contributed by atoms with Gasteiger partial charge in [0.05, 0.1) is 0 Å². The van der Waals surface area contributed by atoms with E-state index in [9.17, 15) is 0 Å². The lowest BCUT2D eigenvalue weighted by atomic mass is 9.71. The first kappa shape index (κ1) is 14.3. The van der Waals surface area contributed by atoms with E-state index >= 15 is 0 Å². The fourth-order valence-corrected chi connectivity index (χ4v) is 4.31. The van der Waals surface area contributed by atoms with Crippen molar-refractivity contribution in [2.75, 3.05) is 32.7 Å². The highest BCUT2D eigenvalue weighted by atomic mass is 15.2. The van der Waals surface area contributed by atoms with Crippen LogP contribution in [0.3, 0.4) is 0 Å². The summed E-state index contributed by atoms with van der Waals surface area (Å²) in [6, 6.07) is 0. The van der Waals surface area contributed by atoms with Crippen LogP contribution in [0.15, 0.2) is 0 Å². The van der Waals surface area contributed by atoms with Crippen molar-refractivity contribution >= 4 is 0 Å².